The molecule has 1 aromatic rings. The Morgan fingerprint density at radius 2 is 1.80 bits per heavy atom. The molecule has 0 aromatic heterocycles. The van der Waals surface area contributed by atoms with E-state index in [1.54, 1.807) is 0 Å². The van der Waals surface area contributed by atoms with Gasteiger partial charge in [-0.25, -0.2) is 0 Å². The fourth-order valence-corrected chi connectivity index (χ4v) is 9.00. The predicted molar refractivity (Wildman–Crippen MR) is 138 cm³/mol. The van der Waals surface area contributed by atoms with Crippen molar-refractivity contribution in [2.24, 2.45) is 34.5 Å². The zero-order valence-electron chi connectivity index (χ0n) is 22.1. The van der Waals surface area contributed by atoms with E-state index in [0.717, 1.165) is 56.9 Å². The summed E-state index contributed by atoms with van der Waals surface area (Å²) in [6.07, 6.45) is 10.4. The summed E-state index contributed by atoms with van der Waals surface area (Å²) >= 11 is 0. The number of aliphatic hydroxyl groups is 1. The van der Waals surface area contributed by atoms with Crippen molar-refractivity contribution in [3.63, 3.8) is 0 Å². The highest BCUT2D eigenvalue weighted by molar-refractivity contribution is 5.87. The van der Waals surface area contributed by atoms with Crippen LogP contribution in [0.4, 0.5) is 0 Å². The molecule has 4 fully saturated rings. The first-order valence-electron chi connectivity index (χ1n) is 14.3. The van der Waals surface area contributed by atoms with Gasteiger partial charge < -0.3 is 10.0 Å². The first-order chi connectivity index (χ1) is 16.7. The van der Waals surface area contributed by atoms with Crippen molar-refractivity contribution in [1.82, 2.24) is 4.90 Å². The zero-order valence-corrected chi connectivity index (χ0v) is 22.1. The van der Waals surface area contributed by atoms with Gasteiger partial charge in [-0.2, -0.15) is 0 Å². The second kappa shape index (κ2) is 9.32. The first kappa shape index (κ1) is 25.0. The van der Waals surface area contributed by atoms with E-state index in [1.165, 1.54) is 12.8 Å². The summed E-state index contributed by atoms with van der Waals surface area (Å²) < 4.78 is 0. The quantitative estimate of drug-likeness (QED) is 0.532. The monoisotopic (exact) mass is 479 g/mol. The Labute approximate surface area is 211 Å². The molecule has 4 aliphatic carbocycles. The molecule has 0 heterocycles. The number of carbonyl (C=O) groups excluding carboxylic acids is 2. The molecule has 5 rings (SSSR count). The van der Waals surface area contributed by atoms with Crippen LogP contribution in [-0.4, -0.2) is 33.8 Å². The van der Waals surface area contributed by atoms with Crippen molar-refractivity contribution < 1.29 is 14.7 Å². The minimum Gasteiger partial charge on any atom is -0.388 e. The van der Waals surface area contributed by atoms with E-state index < -0.39 is 5.60 Å². The molecule has 0 spiro atoms. The van der Waals surface area contributed by atoms with Gasteiger partial charge in [-0.05, 0) is 92.4 Å². The third kappa shape index (κ3) is 4.38. The molecule has 0 radical (unpaired) electrons. The Kier molecular flexibility index (Phi) is 6.66. The van der Waals surface area contributed by atoms with Crippen LogP contribution in [0.1, 0.15) is 97.0 Å². The molecule has 0 aliphatic heterocycles. The average molecular weight is 480 g/mol. The first-order valence-corrected chi connectivity index (χ1v) is 14.3. The summed E-state index contributed by atoms with van der Waals surface area (Å²) in [6, 6.07) is 10.2. The summed E-state index contributed by atoms with van der Waals surface area (Å²) in [6.45, 7) is 7.81. The molecule has 1 N–H and O–H groups in total. The maximum atomic E-state index is 13.0. The van der Waals surface area contributed by atoms with Gasteiger partial charge in [-0.15, -0.1) is 0 Å². The van der Waals surface area contributed by atoms with Gasteiger partial charge in [0.05, 0.1) is 5.60 Å². The molecule has 4 nitrogen and oxygen atoms in total. The molecule has 4 saturated carbocycles. The number of amides is 1. The number of fused-ring (bicyclic) bond motifs is 5. The molecule has 4 heteroatoms. The lowest BCUT2D eigenvalue weighted by molar-refractivity contribution is -0.161. The van der Waals surface area contributed by atoms with Crippen molar-refractivity contribution in [2.45, 2.75) is 104 Å². The van der Waals surface area contributed by atoms with Gasteiger partial charge in [0.2, 0.25) is 5.91 Å². The Morgan fingerprint density at radius 3 is 2.54 bits per heavy atom. The van der Waals surface area contributed by atoms with Gasteiger partial charge in [0.1, 0.15) is 5.78 Å². The van der Waals surface area contributed by atoms with Crippen molar-refractivity contribution in [2.75, 3.05) is 6.54 Å². The third-order valence-corrected chi connectivity index (χ3v) is 11.0. The number of nitrogens with zero attached hydrogens (tertiary/aromatic N) is 1. The van der Waals surface area contributed by atoms with Crippen LogP contribution in [0.5, 0.6) is 0 Å². The normalized spacial score (nSPS) is 40.5. The number of carbonyl (C=O) groups is 2. The summed E-state index contributed by atoms with van der Waals surface area (Å²) in [5.41, 5.74) is 0.497. The number of ketones is 1. The van der Waals surface area contributed by atoms with E-state index in [9.17, 15) is 14.7 Å². The SMILES string of the molecule is CCCC(=O)N(Cc1ccccc1)C[C@@]1(O)CC[C@@]2(C)[C@@H](CC[C@@H]3[C@@H]2CC[C@]2(C)C(=O)CC[C@@H]32)C1. The lowest BCUT2D eigenvalue weighted by Gasteiger charge is -2.61. The molecule has 1 aromatic carbocycles. The highest BCUT2D eigenvalue weighted by Crippen LogP contribution is 2.66. The van der Waals surface area contributed by atoms with Gasteiger partial charge in [0, 0.05) is 31.3 Å². The van der Waals surface area contributed by atoms with Crippen molar-refractivity contribution in [3.8, 4) is 0 Å². The second-order valence-corrected chi connectivity index (χ2v) is 13.0. The van der Waals surface area contributed by atoms with Gasteiger partial charge in [-0.1, -0.05) is 51.1 Å². The van der Waals surface area contributed by atoms with Gasteiger partial charge in [0.15, 0.2) is 0 Å². The van der Waals surface area contributed by atoms with E-state index in [0.29, 0.717) is 49.0 Å². The summed E-state index contributed by atoms with van der Waals surface area (Å²) in [7, 11) is 0. The number of Topliss-reactive ketones (excluding diaryl/α,β-unsaturated/α-hetero) is 1. The lowest BCUT2D eigenvalue weighted by atomic mass is 9.44. The lowest BCUT2D eigenvalue weighted by Crippen LogP contribution is -2.58. The highest BCUT2D eigenvalue weighted by Gasteiger charge is 2.61. The molecule has 0 bridgehead atoms. The van der Waals surface area contributed by atoms with Crippen molar-refractivity contribution in [3.05, 3.63) is 35.9 Å². The van der Waals surface area contributed by atoms with Crippen molar-refractivity contribution in [1.29, 1.82) is 0 Å². The van der Waals surface area contributed by atoms with Crippen LogP contribution in [0, 0.1) is 34.5 Å². The van der Waals surface area contributed by atoms with E-state index in [-0.39, 0.29) is 16.7 Å². The summed E-state index contributed by atoms with van der Waals surface area (Å²) in [5, 5.41) is 11.9. The van der Waals surface area contributed by atoms with Crippen LogP contribution in [0.15, 0.2) is 30.3 Å². The molecule has 192 valence electrons. The van der Waals surface area contributed by atoms with Crippen LogP contribution in [-0.2, 0) is 16.1 Å². The zero-order chi connectivity index (χ0) is 24.8. The molecule has 0 saturated heterocycles. The minimum absolute atomic E-state index is 0.0721. The average Bonchev–Trinajstić information content (AvgIpc) is 3.14. The van der Waals surface area contributed by atoms with E-state index in [2.05, 4.69) is 26.0 Å². The Hall–Kier alpha value is -1.68. The minimum atomic E-state index is -0.804. The topological polar surface area (TPSA) is 57.6 Å². The largest absolute Gasteiger partial charge is 0.388 e. The van der Waals surface area contributed by atoms with E-state index in [4.69, 9.17) is 0 Å². The Bertz CT molecular complexity index is 946. The van der Waals surface area contributed by atoms with Gasteiger partial charge >= 0.3 is 0 Å². The molecule has 7 atom stereocenters. The standard InChI is InChI=1S/C31H45NO3/c1-4-8-28(34)32(20-22-9-6-5-7-10-22)21-31(35)18-17-29(2)23(19-31)11-12-24-25-13-14-27(33)30(25,3)16-15-26(24)29/h5-7,9-10,23-26,35H,4,8,11-21H2,1-3H3/t23-,24-,25-,26-,29-,30-,31+/m0/s1. The third-order valence-electron chi connectivity index (χ3n) is 11.0. The molecule has 35 heavy (non-hydrogen) atoms. The van der Waals surface area contributed by atoms with Crippen LogP contribution < -0.4 is 0 Å². The number of hydrogen-bond acceptors (Lipinski definition) is 3. The van der Waals surface area contributed by atoms with Crippen LogP contribution in [0.2, 0.25) is 0 Å². The smallest absolute Gasteiger partial charge is 0.222 e. The number of rotatable bonds is 6. The Balaban J connectivity index is 1.31. The summed E-state index contributed by atoms with van der Waals surface area (Å²) in [4.78, 5) is 27.7. The van der Waals surface area contributed by atoms with Gasteiger partial charge in [-0.3, -0.25) is 9.59 Å². The van der Waals surface area contributed by atoms with Crippen LogP contribution >= 0.6 is 0 Å². The Morgan fingerprint density at radius 1 is 1.03 bits per heavy atom. The molecule has 4 aliphatic rings. The maximum Gasteiger partial charge on any atom is 0.222 e. The van der Waals surface area contributed by atoms with Crippen molar-refractivity contribution >= 4 is 11.7 Å². The molecular weight excluding hydrogens is 434 g/mol. The predicted octanol–water partition coefficient (Wildman–Crippen LogP) is 6.16. The fourth-order valence-electron chi connectivity index (χ4n) is 9.00. The van der Waals surface area contributed by atoms with E-state index >= 15 is 0 Å². The second-order valence-electron chi connectivity index (χ2n) is 13.0. The van der Waals surface area contributed by atoms with Crippen LogP contribution in [0.25, 0.3) is 0 Å². The van der Waals surface area contributed by atoms with Crippen LogP contribution in [0.3, 0.4) is 0 Å². The molecule has 0 unspecified atom stereocenters. The van der Waals surface area contributed by atoms with E-state index in [1.807, 2.05) is 30.0 Å². The highest BCUT2D eigenvalue weighted by atomic mass is 16.3. The number of hydrogen-bond donors (Lipinski definition) is 1. The maximum absolute atomic E-state index is 13.0. The molecule has 1 amide bonds. The molecular formula is C31H45NO3. The fraction of sp³-hybridized carbons (Fsp3) is 0.742. The number of benzene rings is 1. The summed E-state index contributed by atoms with van der Waals surface area (Å²) in [5.74, 6) is 3.09. The van der Waals surface area contributed by atoms with Gasteiger partial charge in [0.25, 0.3) is 0 Å².